The minimum atomic E-state index is -3.90. The van der Waals surface area contributed by atoms with Gasteiger partial charge in [-0.15, -0.1) is 13.2 Å². The van der Waals surface area contributed by atoms with E-state index in [1.165, 1.54) is 0 Å². The summed E-state index contributed by atoms with van der Waals surface area (Å²) in [6.07, 6.45) is 11.1. The molecule has 0 aliphatic heterocycles. The molecule has 2 aromatic carbocycles. The summed E-state index contributed by atoms with van der Waals surface area (Å²) in [5.41, 5.74) is 3.20. The predicted octanol–water partition coefficient (Wildman–Crippen LogP) is 11.1. The van der Waals surface area contributed by atoms with Gasteiger partial charge in [-0.3, -0.25) is 18.1 Å². The average Bonchev–Trinajstić information content (AvgIpc) is 3.00. The zero-order chi connectivity index (χ0) is 32.3. The van der Waals surface area contributed by atoms with Gasteiger partial charge >= 0.3 is 15.6 Å². The molecular weight excluding hydrogens is 598 g/mol. The fraction of sp³-hybridized carbons (Fsp3) is 0.529. The van der Waals surface area contributed by atoms with Crippen molar-refractivity contribution in [1.29, 1.82) is 0 Å². The fourth-order valence-corrected chi connectivity index (χ4v) is 6.62. The van der Waals surface area contributed by atoms with Gasteiger partial charge in [0, 0.05) is 5.56 Å². The smallest absolute Gasteiger partial charge is 0.404 e. The van der Waals surface area contributed by atoms with Crippen LogP contribution in [-0.2, 0) is 40.1 Å². The zero-order valence-corrected chi connectivity index (χ0v) is 28.9. The van der Waals surface area contributed by atoms with Crippen molar-refractivity contribution >= 4 is 15.6 Å². The molecule has 0 spiro atoms. The first kappa shape index (κ1) is 38.0. The van der Waals surface area contributed by atoms with Crippen LogP contribution in [0.3, 0.4) is 0 Å². The molecule has 0 bridgehead atoms. The molecule has 2 aromatic rings. The third-order valence-electron chi connectivity index (χ3n) is 6.57. The third kappa shape index (κ3) is 13.0. The van der Waals surface area contributed by atoms with Crippen LogP contribution in [0.1, 0.15) is 90.2 Å². The van der Waals surface area contributed by atoms with Gasteiger partial charge in [-0.05, 0) is 79.5 Å². The second-order valence-corrected chi connectivity index (χ2v) is 13.6. The number of unbranched alkanes of at least 4 members (excludes halogenated alkanes) is 4. The average molecular weight is 651 g/mol. The van der Waals surface area contributed by atoms with Crippen LogP contribution in [0, 0.1) is 0 Å². The third-order valence-corrected chi connectivity index (χ3v) is 9.41. The highest BCUT2D eigenvalue weighted by atomic mass is 31.2. The minimum Gasteiger partial charge on any atom is -0.404 e. The van der Waals surface area contributed by atoms with Crippen molar-refractivity contribution in [3.63, 3.8) is 0 Å². The van der Waals surface area contributed by atoms with Crippen LogP contribution in [-0.4, -0.2) is 26.4 Å². The molecule has 0 aliphatic rings. The summed E-state index contributed by atoms with van der Waals surface area (Å²) in [5.74, 6) is 0.745. The number of rotatable bonds is 25. The summed E-state index contributed by atoms with van der Waals surface area (Å²) in [7, 11) is -7.76. The van der Waals surface area contributed by atoms with Gasteiger partial charge in [0.1, 0.15) is 11.5 Å². The van der Waals surface area contributed by atoms with Crippen molar-refractivity contribution in [2.24, 2.45) is 0 Å². The van der Waals surface area contributed by atoms with E-state index in [9.17, 15) is 9.13 Å². The Balaban J connectivity index is 2.53. The van der Waals surface area contributed by atoms with E-state index in [0.717, 1.165) is 68.1 Å². The topological polar surface area (TPSA) is 89.5 Å². The molecule has 246 valence electrons. The van der Waals surface area contributed by atoms with E-state index in [4.69, 9.17) is 27.1 Å². The van der Waals surface area contributed by atoms with Crippen LogP contribution in [0.25, 0.3) is 11.1 Å². The lowest BCUT2D eigenvalue weighted by molar-refractivity contribution is 0.151. The van der Waals surface area contributed by atoms with Crippen LogP contribution >= 0.6 is 15.6 Å². The monoisotopic (exact) mass is 650 g/mol. The van der Waals surface area contributed by atoms with Crippen molar-refractivity contribution in [2.45, 2.75) is 91.9 Å². The largest absolute Gasteiger partial charge is 0.530 e. The van der Waals surface area contributed by atoms with Crippen LogP contribution in [0.4, 0.5) is 0 Å². The maximum Gasteiger partial charge on any atom is 0.530 e. The maximum absolute atomic E-state index is 13.7. The summed E-state index contributed by atoms with van der Waals surface area (Å²) in [6, 6.07) is 11.2. The Morgan fingerprint density at radius 2 is 1.07 bits per heavy atom. The molecule has 0 atom stereocenters. The Labute approximate surface area is 265 Å². The van der Waals surface area contributed by atoms with Gasteiger partial charge in [-0.25, -0.2) is 9.13 Å². The molecule has 2 rings (SSSR count). The molecule has 0 unspecified atom stereocenters. The molecule has 0 heterocycles. The highest BCUT2D eigenvalue weighted by Gasteiger charge is 2.31. The van der Waals surface area contributed by atoms with Crippen molar-refractivity contribution in [2.75, 3.05) is 26.4 Å². The molecule has 44 heavy (non-hydrogen) atoms. The standard InChI is InChI=1S/C34H52O8P2/c1-7-13-23-37-43(35,38-24-14-8-2)41-33-22-20-30(28-31(33)18-12-6)32-27-29(17-11-5)19-21-34(32)42-44(36,39-25-15-9-3)40-26-16-10-4/h11-12,19-22,27-28H,5-10,13-18,23-26H2,1-4H3. The van der Waals surface area contributed by atoms with Crippen LogP contribution < -0.4 is 9.05 Å². The van der Waals surface area contributed by atoms with E-state index < -0.39 is 15.6 Å². The summed E-state index contributed by atoms with van der Waals surface area (Å²) >= 11 is 0. The lowest BCUT2D eigenvalue weighted by Crippen LogP contribution is -2.07. The Bertz CT molecular complexity index is 1220. The molecular formula is C34H52O8P2. The van der Waals surface area contributed by atoms with Crippen molar-refractivity contribution < 1.29 is 36.3 Å². The lowest BCUT2D eigenvalue weighted by atomic mass is 9.97. The van der Waals surface area contributed by atoms with E-state index in [1.54, 1.807) is 18.2 Å². The molecule has 0 aliphatic carbocycles. The van der Waals surface area contributed by atoms with Gasteiger partial charge in [0.25, 0.3) is 0 Å². The second-order valence-electron chi connectivity index (χ2n) is 10.5. The molecule has 8 nitrogen and oxygen atoms in total. The Kier molecular flexibility index (Phi) is 17.9. The van der Waals surface area contributed by atoms with Gasteiger partial charge in [0.05, 0.1) is 26.4 Å². The quantitative estimate of drug-likeness (QED) is 0.0596. The summed E-state index contributed by atoms with van der Waals surface area (Å²) < 4.78 is 62.2. The molecule has 0 saturated heterocycles. The van der Waals surface area contributed by atoms with Gasteiger partial charge in [-0.1, -0.05) is 77.7 Å². The number of benzene rings is 2. The first-order valence-electron chi connectivity index (χ1n) is 15.9. The Morgan fingerprint density at radius 1 is 0.614 bits per heavy atom. The number of hydrogen-bond acceptors (Lipinski definition) is 8. The van der Waals surface area contributed by atoms with E-state index in [1.807, 2.05) is 58.0 Å². The summed E-state index contributed by atoms with van der Waals surface area (Å²) in [5, 5.41) is 0. The normalized spacial score (nSPS) is 11.8. The molecule has 0 fully saturated rings. The Hall–Kier alpha value is -2.18. The Morgan fingerprint density at radius 3 is 1.52 bits per heavy atom. The van der Waals surface area contributed by atoms with Crippen molar-refractivity contribution in [1.82, 2.24) is 0 Å². The number of phosphoric ester groups is 2. The molecule has 0 radical (unpaired) electrons. The van der Waals surface area contributed by atoms with E-state index >= 15 is 0 Å². The maximum atomic E-state index is 13.7. The molecule has 0 amide bonds. The van der Waals surface area contributed by atoms with Gasteiger partial charge < -0.3 is 9.05 Å². The lowest BCUT2D eigenvalue weighted by Gasteiger charge is -2.22. The molecule has 0 aromatic heterocycles. The van der Waals surface area contributed by atoms with Crippen LogP contribution in [0.5, 0.6) is 11.5 Å². The highest BCUT2D eigenvalue weighted by molar-refractivity contribution is 7.49. The number of hydrogen-bond donors (Lipinski definition) is 0. The molecule has 0 saturated carbocycles. The SMILES string of the molecule is C=CCc1ccc(OP(=O)(OCCCC)OCCCC)c(-c2ccc(OP(=O)(OCCCC)OCCCC)c(CC=C)c2)c1. The van der Waals surface area contributed by atoms with Crippen LogP contribution in [0.15, 0.2) is 61.7 Å². The number of phosphoric acid groups is 2. The predicted molar refractivity (Wildman–Crippen MR) is 180 cm³/mol. The van der Waals surface area contributed by atoms with E-state index in [-0.39, 0.29) is 26.4 Å². The first-order valence-corrected chi connectivity index (χ1v) is 18.8. The summed E-state index contributed by atoms with van der Waals surface area (Å²) in [6.45, 7) is 17.0. The van der Waals surface area contributed by atoms with Crippen molar-refractivity contribution in [3.8, 4) is 22.6 Å². The number of allylic oxidation sites excluding steroid dienone is 2. The molecule has 10 heteroatoms. The molecule has 0 N–H and O–H groups in total. The van der Waals surface area contributed by atoms with E-state index in [0.29, 0.717) is 29.9 Å². The summed E-state index contributed by atoms with van der Waals surface area (Å²) in [4.78, 5) is 0. The fourth-order valence-electron chi connectivity index (χ4n) is 4.03. The first-order chi connectivity index (χ1) is 21.3. The van der Waals surface area contributed by atoms with Crippen LogP contribution in [0.2, 0.25) is 0 Å². The van der Waals surface area contributed by atoms with Gasteiger partial charge in [-0.2, -0.15) is 0 Å². The van der Waals surface area contributed by atoms with Crippen molar-refractivity contribution in [3.05, 3.63) is 72.8 Å². The zero-order valence-electron chi connectivity index (χ0n) is 27.1. The highest BCUT2D eigenvalue weighted by Crippen LogP contribution is 2.53. The van der Waals surface area contributed by atoms with E-state index in [2.05, 4.69) is 13.2 Å². The minimum absolute atomic E-state index is 0.264. The van der Waals surface area contributed by atoms with Gasteiger partial charge in [0.2, 0.25) is 0 Å². The van der Waals surface area contributed by atoms with Gasteiger partial charge in [0.15, 0.2) is 0 Å². The second kappa shape index (κ2) is 20.8.